The van der Waals surface area contributed by atoms with Crippen molar-refractivity contribution in [1.82, 2.24) is 0 Å². The molecule has 0 spiro atoms. The Bertz CT molecular complexity index is 344. The van der Waals surface area contributed by atoms with Crippen molar-refractivity contribution in [1.29, 1.82) is 0 Å². The van der Waals surface area contributed by atoms with Crippen LogP contribution in [0.15, 0.2) is 12.2 Å². The van der Waals surface area contributed by atoms with Gasteiger partial charge in [-0.15, -0.1) is 0 Å². The lowest BCUT2D eigenvalue weighted by molar-refractivity contribution is -0.137. The van der Waals surface area contributed by atoms with E-state index >= 15 is 0 Å². The average molecular weight is 353 g/mol. The molecular weight excluding hydrogens is 308 g/mol. The molecule has 0 aromatic heterocycles. The molecule has 0 aliphatic rings. The van der Waals surface area contributed by atoms with Crippen LogP contribution < -0.4 is 0 Å². The van der Waals surface area contributed by atoms with Gasteiger partial charge >= 0.3 is 5.97 Å². The number of hydrogen-bond donors (Lipinski definition) is 0. The second-order valence-electron chi connectivity index (χ2n) is 8.20. The number of carbonyl (C=O) groups is 1. The number of rotatable bonds is 17. The van der Waals surface area contributed by atoms with Crippen LogP contribution in [0.4, 0.5) is 0 Å². The zero-order valence-electron chi connectivity index (χ0n) is 17.6. The Morgan fingerprint density at radius 2 is 1.12 bits per heavy atom. The summed E-state index contributed by atoms with van der Waals surface area (Å²) in [6, 6.07) is 0. The Balaban J connectivity index is 3.41. The highest BCUT2D eigenvalue weighted by molar-refractivity contribution is 5.88. The van der Waals surface area contributed by atoms with E-state index in [0.29, 0.717) is 5.57 Å². The lowest BCUT2D eigenvalue weighted by Gasteiger charge is -2.25. The Kier molecular flexibility index (Phi) is 15.0. The Morgan fingerprint density at radius 3 is 1.48 bits per heavy atom. The summed E-state index contributed by atoms with van der Waals surface area (Å²) in [6.45, 7) is 10.4. The molecule has 0 heterocycles. The second kappa shape index (κ2) is 15.5. The van der Waals surface area contributed by atoms with E-state index in [9.17, 15) is 4.79 Å². The summed E-state index contributed by atoms with van der Waals surface area (Å²) in [7, 11) is 1.43. The first kappa shape index (κ1) is 24.2. The van der Waals surface area contributed by atoms with Crippen molar-refractivity contribution in [2.24, 2.45) is 5.41 Å². The lowest BCUT2D eigenvalue weighted by atomic mass is 9.80. The van der Waals surface area contributed by atoms with Crippen LogP contribution in [0, 0.1) is 5.41 Å². The number of esters is 1. The monoisotopic (exact) mass is 352 g/mol. The fourth-order valence-electron chi connectivity index (χ4n) is 3.31. The summed E-state index contributed by atoms with van der Waals surface area (Å²) in [5, 5.41) is 0. The standard InChI is InChI=1S/C23H44O2/c1-6-7-8-9-10-11-12-13-14-15-16-17-18-19-20-23(3,4)21(2)22(24)25-5/h2,6-20H2,1,3-5H3. The maximum absolute atomic E-state index is 11.6. The quantitative estimate of drug-likeness (QED) is 0.153. The average Bonchev–Trinajstić information content (AvgIpc) is 2.60. The molecule has 148 valence electrons. The van der Waals surface area contributed by atoms with Crippen LogP contribution in [0.2, 0.25) is 0 Å². The van der Waals surface area contributed by atoms with Gasteiger partial charge in [0.15, 0.2) is 0 Å². The van der Waals surface area contributed by atoms with Gasteiger partial charge in [0, 0.05) is 5.57 Å². The molecule has 0 aliphatic heterocycles. The van der Waals surface area contributed by atoms with E-state index in [0.717, 1.165) is 6.42 Å². The maximum Gasteiger partial charge on any atom is 0.333 e. The van der Waals surface area contributed by atoms with Crippen LogP contribution in [0.3, 0.4) is 0 Å². The minimum atomic E-state index is -0.268. The van der Waals surface area contributed by atoms with Gasteiger partial charge in [-0.05, 0) is 11.8 Å². The van der Waals surface area contributed by atoms with E-state index in [-0.39, 0.29) is 11.4 Å². The van der Waals surface area contributed by atoms with Crippen LogP contribution >= 0.6 is 0 Å². The summed E-state index contributed by atoms with van der Waals surface area (Å²) in [6.07, 6.45) is 20.2. The Labute approximate surface area is 157 Å². The molecule has 0 saturated heterocycles. The molecule has 0 saturated carbocycles. The van der Waals surface area contributed by atoms with Gasteiger partial charge in [0.1, 0.15) is 0 Å². The van der Waals surface area contributed by atoms with Gasteiger partial charge in [-0.1, -0.05) is 117 Å². The van der Waals surface area contributed by atoms with E-state index in [4.69, 9.17) is 4.74 Å². The second-order valence-corrected chi connectivity index (χ2v) is 8.20. The van der Waals surface area contributed by atoms with E-state index in [1.54, 1.807) is 0 Å². The highest BCUT2D eigenvalue weighted by Crippen LogP contribution is 2.32. The van der Waals surface area contributed by atoms with Crippen molar-refractivity contribution in [3.8, 4) is 0 Å². The molecule has 2 nitrogen and oxygen atoms in total. The van der Waals surface area contributed by atoms with Gasteiger partial charge < -0.3 is 4.74 Å². The number of ether oxygens (including phenoxy) is 1. The molecule has 0 aromatic rings. The van der Waals surface area contributed by atoms with E-state index in [1.807, 2.05) is 0 Å². The van der Waals surface area contributed by atoms with Gasteiger partial charge in [0.25, 0.3) is 0 Å². The molecule has 0 bridgehead atoms. The summed E-state index contributed by atoms with van der Waals surface area (Å²) >= 11 is 0. The SMILES string of the molecule is C=C(C(=O)OC)C(C)(C)CCCCCCCCCCCCCCCC. The number of carbonyl (C=O) groups excluding carboxylic acids is 1. The van der Waals surface area contributed by atoms with Crippen LogP contribution in [-0.4, -0.2) is 13.1 Å². The molecule has 0 unspecified atom stereocenters. The maximum atomic E-state index is 11.6. The zero-order chi connectivity index (χ0) is 19.0. The Hall–Kier alpha value is -0.790. The highest BCUT2D eigenvalue weighted by atomic mass is 16.5. The van der Waals surface area contributed by atoms with Crippen LogP contribution in [0.1, 0.15) is 117 Å². The van der Waals surface area contributed by atoms with Gasteiger partial charge in [-0.2, -0.15) is 0 Å². The van der Waals surface area contributed by atoms with E-state index in [2.05, 4.69) is 27.4 Å². The number of unbranched alkanes of at least 4 members (excludes halogenated alkanes) is 13. The van der Waals surface area contributed by atoms with Crippen molar-refractivity contribution in [3.63, 3.8) is 0 Å². The van der Waals surface area contributed by atoms with Gasteiger partial charge in [-0.25, -0.2) is 4.79 Å². The van der Waals surface area contributed by atoms with Crippen LogP contribution in [0.25, 0.3) is 0 Å². The number of methoxy groups -OCH3 is 1. The molecule has 0 fully saturated rings. The zero-order valence-corrected chi connectivity index (χ0v) is 17.6. The molecule has 0 radical (unpaired) electrons. The third kappa shape index (κ3) is 13.1. The normalized spacial score (nSPS) is 11.5. The molecule has 0 N–H and O–H groups in total. The first-order valence-corrected chi connectivity index (χ1v) is 10.7. The molecule has 0 amide bonds. The topological polar surface area (TPSA) is 26.3 Å². The molecule has 0 aromatic carbocycles. The predicted octanol–water partition coefficient (Wildman–Crippen LogP) is 7.61. The first-order valence-electron chi connectivity index (χ1n) is 10.7. The third-order valence-electron chi connectivity index (χ3n) is 5.40. The predicted molar refractivity (Wildman–Crippen MR) is 110 cm³/mol. The fourth-order valence-corrected chi connectivity index (χ4v) is 3.31. The van der Waals surface area contributed by atoms with Crippen LogP contribution in [0.5, 0.6) is 0 Å². The third-order valence-corrected chi connectivity index (χ3v) is 5.40. The van der Waals surface area contributed by atoms with Gasteiger partial charge in [0.2, 0.25) is 0 Å². The summed E-state index contributed by atoms with van der Waals surface area (Å²) in [5.41, 5.74) is 0.453. The molecule has 25 heavy (non-hydrogen) atoms. The van der Waals surface area contributed by atoms with Crippen LogP contribution in [-0.2, 0) is 9.53 Å². The fraction of sp³-hybridized carbons (Fsp3) is 0.870. The van der Waals surface area contributed by atoms with Crippen molar-refractivity contribution < 1.29 is 9.53 Å². The van der Waals surface area contributed by atoms with Crippen molar-refractivity contribution in [2.45, 2.75) is 117 Å². The summed E-state index contributed by atoms with van der Waals surface area (Å²) < 4.78 is 4.78. The van der Waals surface area contributed by atoms with E-state index in [1.165, 1.54) is 97.0 Å². The molecule has 0 aliphatic carbocycles. The van der Waals surface area contributed by atoms with Gasteiger partial charge in [-0.3, -0.25) is 0 Å². The lowest BCUT2D eigenvalue weighted by Crippen LogP contribution is -2.21. The van der Waals surface area contributed by atoms with E-state index < -0.39 is 0 Å². The summed E-state index contributed by atoms with van der Waals surface area (Å²) in [5.74, 6) is -0.268. The highest BCUT2D eigenvalue weighted by Gasteiger charge is 2.26. The minimum Gasteiger partial charge on any atom is -0.466 e. The largest absolute Gasteiger partial charge is 0.466 e. The van der Waals surface area contributed by atoms with Crippen molar-refractivity contribution >= 4 is 5.97 Å². The Morgan fingerprint density at radius 1 is 0.760 bits per heavy atom. The molecule has 0 atom stereocenters. The van der Waals surface area contributed by atoms with Gasteiger partial charge in [0.05, 0.1) is 7.11 Å². The molecule has 0 rings (SSSR count). The van der Waals surface area contributed by atoms with Crippen molar-refractivity contribution in [2.75, 3.05) is 7.11 Å². The molecule has 2 heteroatoms. The first-order chi connectivity index (χ1) is 12.0. The van der Waals surface area contributed by atoms with Crippen molar-refractivity contribution in [3.05, 3.63) is 12.2 Å². The molecular formula is C23H44O2. The number of hydrogen-bond acceptors (Lipinski definition) is 2. The smallest absolute Gasteiger partial charge is 0.333 e. The minimum absolute atomic E-state index is 0.149. The summed E-state index contributed by atoms with van der Waals surface area (Å²) in [4.78, 5) is 11.6.